The number of aliphatic hydroxyl groups is 1. The molecule has 76 valence electrons. The van der Waals surface area contributed by atoms with Gasteiger partial charge in [-0.05, 0) is 33.6 Å². The maximum absolute atomic E-state index is 10.3. The quantitative estimate of drug-likeness (QED) is 0.762. The second kappa shape index (κ2) is 4.43. The van der Waals surface area contributed by atoms with Crippen LogP contribution < -0.4 is 0 Å². The van der Waals surface area contributed by atoms with E-state index in [1.807, 2.05) is 0 Å². The Morgan fingerprint density at radius 1 is 1.50 bits per heavy atom. The summed E-state index contributed by atoms with van der Waals surface area (Å²) in [4.78, 5) is 10.3. The fourth-order valence-corrected chi connectivity index (χ4v) is 1.41. The molecule has 3 N–H and O–H groups in total. The number of phenols is 1. The number of aliphatic hydroxyl groups excluding tert-OH is 1. The van der Waals surface area contributed by atoms with Gasteiger partial charge >= 0.3 is 5.97 Å². The lowest BCUT2D eigenvalue weighted by Crippen LogP contribution is -2.21. The van der Waals surface area contributed by atoms with Crippen LogP contribution in [0.2, 0.25) is 0 Å². The third kappa shape index (κ3) is 2.71. The maximum Gasteiger partial charge on any atom is 0.332 e. The first-order valence-electron chi connectivity index (χ1n) is 3.89. The van der Waals surface area contributed by atoms with Crippen molar-refractivity contribution in [2.45, 2.75) is 12.5 Å². The molecule has 0 heterocycles. The van der Waals surface area contributed by atoms with Crippen molar-refractivity contribution in [3.05, 3.63) is 28.2 Å². The van der Waals surface area contributed by atoms with Gasteiger partial charge in [0.1, 0.15) is 5.75 Å². The maximum atomic E-state index is 10.3. The second-order valence-electron chi connectivity index (χ2n) is 2.84. The van der Waals surface area contributed by atoms with E-state index in [0.717, 1.165) is 0 Å². The van der Waals surface area contributed by atoms with E-state index < -0.39 is 12.1 Å². The number of carbonyl (C=O) groups is 1. The fourth-order valence-electron chi connectivity index (χ4n) is 0.988. The molecule has 1 unspecified atom stereocenters. The smallest absolute Gasteiger partial charge is 0.332 e. The minimum Gasteiger partial charge on any atom is -0.507 e. The van der Waals surface area contributed by atoms with E-state index >= 15 is 0 Å². The molecule has 1 rings (SSSR count). The summed E-state index contributed by atoms with van der Waals surface area (Å²) in [6.45, 7) is 0. The first-order valence-corrected chi connectivity index (χ1v) is 4.68. The van der Waals surface area contributed by atoms with Crippen molar-refractivity contribution < 1.29 is 20.1 Å². The van der Waals surface area contributed by atoms with Gasteiger partial charge in [-0.2, -0.15) is 0 Å². The molecule has 0 aliphatic carbocycles. The molecule has 0 saturated heterocycles. The zero-order valence-corrected chi connectivity index (χ0v) is 8.73. The summed E-state index contributed by atoms with van der Waals surface area (Å²) in [6.07, 6.45) is -1.39. The van der Waals surface area contributed by atoms with Crippen LogP contribution in [0.4, 0.5) is 0 Å². The summed E-state index contributed by atoms with van der Waals surface area (Å²) in [6, 6.07) is 4.57. The number of carboxylic acid groups (broad SMARTS) is 1. The van der Waals surface area contributed by atoms with Crippen molar-refractivity contribution >= 4 is 21.9 Å². The van der Waals surface area contributed by atoms with Gasteiger partial charge in [0.15, 0.2) is 6.10 Å². The predicted octanol–water partition coefficient (Wildman–Crippen LogP) is 1.14. The van der Waals surface area contributed by atoms with Crippen LogP contribution in [0.1, 0.15) is 5.56 Å². The van der Waals surface area contributed by atoms with Crippen LogP contribution in [-0.2, 0) is 11.2 Å². The predicted molar refractivity (Wildman–Crippen MR) is 53.2 cm³/mol. The molecule has 4 nitrogen and oxygen atoms in total. The number of benzene rings is 1. The van der Waals surface area contributed by atoms with Gasteiger partial charge in [-0.1, -0.05) is 6.07 Å². The number of hydrogen-bond donors (Lipinski definition) is 3. The van der Waals surface area contributed by atoms with E-state index in [2.05, 4.69) is 15.9 Å². The number of aliphatic carboxylic acids is 1. The van der Waals surface area contributed by atoms with Crippen LogP contribution in [0.3, 0.4) is 0 Å². The summed E-state index contributed by atoms with van der Waals surface area (Å²) in [7, 11) is 0. The first kappa shape index (κ1) is 11.0. The van der Waals surface area contributed by atoms with Crippen LogP contribution in [-0.4, -0.2) is 27.4 Å². The Balaban J connectivity index is 2.78. The van der Waals surface area contributed by atoms with E-state index in [4.69, 9.17) is 15.3 Å². The third-order valence-electron chi connectivity index (χ3n) is 1.73. The Labute approximate surface area is 88.9 Å². The molecule has 0 aliphatic heterocycles. The minimum absolute atomic E-state index is 0.0220. The molecule has 0 saturated carbocycles. The second-order valence-corrected chi connectivity index (χ2v) is 3.70. The highest BCUT2D eigenvalue weighted by Crippen LogP contribution is 2.24. The van der Waals surface area contributed by atoms with Gasteiger partial charge in [-0.3, -0.25) is 0 Å². The largest absolute Gasteiger partial charge is 0.507 e. The van der Waals surface area contributed by atoms with Crippen molar-refractivity contribution in [2.24, 2.45) is 0 Å². The number of aromatic hydroxyl groups is 1. The van der Waals surface area contributed by atoms with Crippen molar-refractivity contribution in [2.75, 3.05) is 0 Å². The third-order valence-corrected chi connectivity index (χ3v) is 2.36. The van der Waals surface area contributed by atoms with Gasteiger partial charge in [0.05, 0.1) is 4.47 Å². The molecular weight excluding hydrogens is 252 g/mol. The summed E-state index contributed by atoms with van der Waals surface area (Å²) < 4.78 is 0.479. The Kier molecular flexibility index (Phi) is 3.49. The molecule has 0 aliphatic rings. The van der Waals surface area contributed by atoms with E-state index in [-0.39, 0.29) is 12.2 Å². The molecule has 1 aromatic rings. The highest BCUT2D eigenvalue weighted by molar-refractivity contribution is 9.10. The van der Waals surface area contributed by atoms with Crippen LogP contribution in [0.5, 0.6) is 5.75 Å². The molecule has 5 heteroatoms. The van der Waals surface area contributed by atoms with E-state index in [9.17, 15) is 4.79 Å². The number of phenolic OH excluding ortho intramolecular Hbond substituents is 1. The highest BCUT2D eigenvalue weighted by Gasteiger charge is 2.14. The van der Waals surface area contributed by atoms with Crippen molar-refractivity contribution in [1.29, 1.82) is 0 Å². The van der Waals surface area contributed by atoms with Crippen LogP contribution in [0.15, 0.2) is 22.7 Å². The molecule has 1 aromatic carbocycles. The molecular formula is C9H9BrO4. The van der Waals surface area contributed by atoms with E-state index in [0.29, 0.717) is 10.0 Å². The van der Waals surface area contributed by atoms with Gasteiger partial charge in [-0.25, -0.2) is 4.79 Å². The zero-order valence-electron chi connectivity index (χ0n) is 7.14. The van der Waals surface area contributed by atoms with Gasteiger partial charge in [0.2, 0.25) is 0 Å². The highest BCUT2D eigenvalue weighted by atomic mass is 79.9. The number of halogens is 1. The normalized spacial score (nSPS) is 12.4. The summed E-state index contributed by atoms with van der Waals surface area (Å²) in [5, 5.41) is 26.7. The molecule has 0 bridgehead atoms. The Bertz CT molecular complexity index is 351. The number of hydrogen-bond acceptors (Lipinski definition) is 3. The average molecular weight is 261 g/mol. The molecule has 0 amide bonds. The van der Waals surface area contributed by atoms with E-state index in [1.165, 1.54) is 6.07 Å². The molecule has 0 fully saturated rings. The summed E-state index contributed by atoms with van der Waals surface area (Å²) in [5.41, 5.74) is 0.643. The molecule has 1 atom stereocenters. The van der Waals surface area contributed by atoms with Crippen molar-refractivity contribution in [3.63, 3.8) is 0 Å². The fraction of sp³-hybridized carbons (Fsp3) is 0.222. The number of carboxylic acids is 1. The number of rotatable bonds is 3. The van der Waals surface area contributed by atoms with Gasteiger partial charge in [0, 0.05) is 6.42 Å². The Morgan fingerprint density at radius 3 is 2.64 bits per heavy atom. The summed E-state index contributed by atoms with van der Waals surface area (Å²) in [5.74, 6) is -1.17. The van der Waals surface area contributed by atoms with Gasteiger partial charge in [0.25, 0.3) is 0 Å². The molecule has 0 spiro atoms. The van der Waals surface area contributed by atoms with Crippen LogP contribution in [0, 0.1) is 0 Å². The standard InChI is InChI=1S/C9H9BrO4/c10-6-3-5(1-2-7(6)11)4-8(12)9(13)14/h1-3,8,11-12H,4H2,(H,13,14). The lowest BCUT2D eigenvalue weighted by molar-refractivity contribution is -0.146. The van der Waals surface area contributed by atoms with Crippen molar-refractivity contribution in [1.82, 2.24) is 0 Å². The monoisotopic (exact) mass is 260 g/mol. The first-order chi connectivity index (χ1) is 6.50. The van der Waals surface area contributed by atoms with Gasteiger partial charge < -0.3 is 15.3 Å². The minimum atomic E-state index is -1.41. The molecule has 0 aromatic heterocycles. The van der Waals surface area contributed by atoms with Crippen LogP contribution >= 0.6 is 15.9 Å². The lowest BCUT2D eigenvalue weighted by atomic mass is 10.1. The molecule has 14 heavy (non-hydrogen) atoms. The average Bonchev–Trinajstić information content (AvgIpc) is 2.11. The summed E-state index contributed by atoms with van der Waals surface area (Å²) >= 11 is 3.09. The Hall–Kier alpha value is -1.07. The van der Waals surface area contributed by atoms with E-state index in [1.54, 1.807) is 12.1 Å². The zero-order chi connectivity index (χ0) is 10.7. The lowest BCUT2D eigenvalue weighted by Gasteiger charge is -2.06. The Morgan fingerprint density at radius 2 is 2.14 bits per heavy atom. The molecule has 0 radical (unpaired) electrons. The SMILES string of the molecule is O=C(O)C(O)Cc1ccc(O)c(Br)c1. The topological polar surface area (TPSA) is 77.8 Å². The van der Waals surface area contributed by atoms with Crippen molar-refractivity contribution in [3.8, 4) is 5.75 Å². The van der Waals surface area contributed by atoms with Crippen LogP contribution in [0.25, 0.3) is 0 Å². The van der Waals surface area contributed by atoms with Gasteiger partial charge in [-0.15, -0.1) is 0 Å².